The Hall–Kier alpha value is -3.67. The number of anilines is 1. The summed E-state index contributed by atoms with van der Waals surface area (Å²) in [5.41, 5.74) is 1.21. The minimum atomic E-state index is -0.356. The molecule has 4 rings (SSSR count). The Morgan fingerprint density at radius 1 is 1.04 bits per heavy atom. The molecular weight excluding hydrogens is 330 g/mol. The molecule has 6 nitrogen and oxygen atoms in total. The monoisotopic (exact) mass is 345 g/mol. The van der Waals surface area contributed by atoms with Crippen LogP contribution in [0.15, 0.2) is 82.4 Å². The molecule has 0 aliphatic heterocycles. The third-order valence-electron chi connectivity index (χ3n) is 4.15. The molecule has 26 heavy (non-hydrogen) atoms. The van der Waals surface area contributed by atoms with Crippen LogP contribution >= 0.6 is 0 Å². The molecule has 0 atom stereocenters. The lowest BCUT2D eigenvalue weighted by Gasteiger charge is -2.10. The van der Waals surface area contributed by atoms with Crippen molar-refractivity contribution in [3.63, 3.8) is 0 Å². The number of fused-ring (bicyclic) bond motifs is 1. The molecule has 6 heteroatoms. The fraction of sp³-hybridized carbons (Fsp3) is 0.0500. The Bertz CT molecular complexity index is 1130. The number of hydrogen-bond acceptors (Lipinski definition) is 4. The van der Waals surface area contributed by atoms with E-state index in [2.05, 4.69) is 10.5 Å². The number of carbonyl (C=O) groups is 1. The maximum absolute atomic E-state index is 12.3. The fourth-order valence-electron chi connectivity index (χ4n) is 2.87. The number of nitrogens with zero attached hydrogens (tertiary/aromatic N) is 2. The van der Waals surface area contributed by atoms with Crippen molar-refractivity contribution in [2.24, 2.45) is 0 Å². The minimum Gasteiger partial charge on any atom is -0.363 e. The molecule has 2 aromatic carbocycles. The summed E-state index contributed by atoms with van der Waals surface area (Å²) in [6.45, 7) is 0.380. The number of carbonyl (C=O) groups excluding carboxylic acids is 1. The van der Waals surface area contributed by atoms with Gasteiger partial charge in [-0.3, -0.25) is 9.59 Å². The number of rotatable bonds is 4. The van der Waals surface area contributed by atoms with Gasteiger partial charge >= 0.3 is 0 Å². The molecule has 0 bridgehead atoms. The molecule has 0 unspecified atom stereocenters. The largest absolute Gasteiger partial charge is 0.363 e. The lowest BCUT2D eigenvalue weighted by molar-refractivity contribution is 0.102. The number of amides is 1. The van der Waals surface area contributed by atoms with Gasteiger partial charge in [0.05, 0.1) is 12.1 Å². The van der Waals surface area contributed by atoms with Crippen molar-refractivity contribution in [1.29, 1.82) is 0 Å². The van der Waals surface area contributed by atoms with Gasteiger partial charge in [0.25, 0.3) is 11.5 Å². The number of aromatic nitrogens is 2. The number of pyridine rings is 1. The van der Waals surface area contributed by atoms with Crippen LogP contribution in [0.25, 0.3) is 10.8 Å². The maximum atomic E-state index is 12.3. The Labute approximate surface area is 148 Å². The molecule has 0 aliphatic carbocycles. The Morgan fingerprint density at radius 2 is 1.88 bits per heavy atom. The fourth-order valence-corrected chi connectivity index (χ4v) is 2.87. The minimum absolute atomic E-state index is 0.170. The second kappa shape index (κ2) is 6.68. The zero-order valence-corrected chi connectivity index (χ0v) is 13.8. The lowest BCUT2D eigenvalue weighted by Crippen LogP contribution is -2.22. The van der Waals surface area contributed by atoms with Crippen molar-refractivity contribution in [3.8, 4) is 0 Å². The summed E-state index contributed by atoms with van der Waals surface area (Å²) < 4.78 is 6.22. The highest BCUT2D eigenvalue weighted by Gasteiger charge is 2.10. The van der Waals surface area contributed by atoms with E-state index in [0.717, 1.165) is 16.3 Å². The van der Waals surface area contributed by atoms with Gasteiger partial charge in [0.2, 0.25) is 0 Å². The number of benzene rings is 2. The van der Waals surface area contributed by atoms with Gasteiger partial charge in [-0.1, -0.05) is 47.6 Å². The average Bonchev–Trinajstić information content (AvgIpc) is 3.17. The summed E-state index contributed by atoms with van der Waals surface area (Å²) in [4.78, 5) is 24.6. The number of hydrogen-bond donors (Lipinski definition) is 1. The summed E-state index contributed by atoms with van der Waals surface area (Å²) >= 11 is 0. The summed E-state index contributed by atoms with van der Waals surface area (Å²) in [7, 11) is 0. The molecule has 0 spiro atoms. The van der Waals surface area contributed by atoms with Crippen LogP contribution in [0.4, 0.5) is 5.82 Å². The van der Waals surface area contributed by atoms with Gasteiger partial charge in [-0.25, -0.2) is 0 Å². The summed E-state index contributed by atoms with van der Waals surface area (Å²) in [6, 6.07) is 18.4. The van der Waals surface area contributed by atoms with Gasteiger partial charge in [0, 0.05) is 18.3 Å². The molecule has 0 saturated heterocycles. The first kappa shape index (κ1) is 15.8. The molecule has 0 saturated carbocycles. The van der Waals surface area contributed by atoms with Crippen LogP contribution in [0, 0.1) is 0 Å². The van der Waals surface area contributed by atoms with Crippen molar-refractivity contribution in [1.82, 2.24) is 9.72 Å². The predicted molar refractivity (Wildman–Crippen MR) is 98.2 cm³/mol. The Kier molecular flexibility index (Phi) is 4.07. The van der Waals surface area contributed by atoms with E-state index in [-0.39, 0.29) is 11.5 Å². The second-order valence-electron chi connectivity index (χ2n) is 5.86. The van der Waals surface area contributed by atoms with Crippen LogP contribution in [0.1, 0.15) is 15.9 Å². The van der Waals surface area contributed by atoms with E-state index in [9.17, 15) is 9.59 Å². The molecule has 1 N–H and O–H groups in total. The molecule has 1 amide bonds. The summed E-state index contributed by atoms with van der Waals surface area (Å²) in [6.07, 6.45) is 2.93. The maximum Gasteiger partial charge on any atom is 0.258 e. The van der Waals surface area contributed by atoms with Gasteiger partial charge in [-0.2, -0.15) is 0 Å². The topological polar surface area (TPSA) is 77.1 Å². The van der Waals surface area contributed by atoms with E-state index in [0.29, 0.717) is 17.9 Å². The molecule has 0 radical (unpaired) electrons. The van der Waals surface area contributed by atoms with Crippen molar-refractivity contribution >= 4 is 22.5 Å². The van der Waals surface area contributed by atoms with Crippen molar-refractivity contribution < 1.29 is 9.32 Å². The first-order valence-electron chi connectivity index (χ1n) is 8.09. The molecule has 0 fully saturated rings. The second-order valence-corrected chi connectivity index (χ2v) is 5.86. The van der Waals surface area contributed by atoms with Crippen molar-refractivity contribution in [2.45, 2.75) is 6.54 Å². The molecule has 0 aliphatic rings. The van der Waals surface area contributed by atoms with Crippen LogP contribution in [-0.2, 0) is 6.54 Å². The van der Waals surface area contributed by atoms with Crippen molar-refractivity contribution in [2.75, 3.05) is 5.32 Å². The Morgan fingerprint density at radius 3 is 2.73 bits per heavy atom. The van der Waals surface area contributed by atoms with Crippen LogP contribution in [0.3, 0.4) is 0 Å². The standard InChI is InChI=1S/C20H15N3O3/c24-19-9-8-16(20(25)21-18-10-11-26-22-18)13-23(19)12-15-6-3-5-14-4-1-2-7-17(14)15/h1-11,13H,12H2,(H,21,22,25). The van der Waals surface area contributed by atoms with E-state index in [1.165, 1.54) is 23.0 Å². The van der Waals surface area contributed by atoms with Crippen LogP contribution in [0.5, 0.6) is 0 Å². The highest BCUT2D eigenvalue weighted by Crippen LogP contribution is 2.19. The summed E-state index contributed by atoms with van der Waals surface area (Å²) in [5.74, 6) is -0.0348. The third-order valence-corrected chi connectivity index (χ3v) is 4.15. The normalized spacial score (nSPS) is 10.8. The smallest absolute Gasteiger partial charge is 0.258 e. The highest BCUT2D eigenvalue weighted by molar-refractivity contribution is 6.03. The SMILES string of the molecule is O=C(Nc1ccon1)c1ccc(=O)n(Cc2cccc3ccccc23)c1. The molecule has 2 heterocycles. The summed E-state index contributed by atoms with van der Waals surface area (Å²) in [5, 5.41) is 8.46. The lowest BCUT2D eigenvalue weighted by atomic mass is 10.0. The molecular formula is C20H15N3O3. The van der Waals surface area contributed by atoms with E-state index in [4.69, 9.17) is 4.52 Å². The van der Waals surface area contributed by atoms with E-state index < -0.39 is 0 Å². The van der Waals surface area contributed by atoms with Crippen LogP contribution in [-0.4, -0.2) is 15.6 Å². The average molecular weight is 345 g/mol. The number of nitrogens with one attached hydrogen (secondary N) is 1. The van der Waals surface area contributed by atoms with Crippen molar-refractivity contribution in [3.05, 3.63) is 94.6 Å². The van der Waals surface area contributed by atoms with Gasteiger partial charge in [0.1, 0.15) is 6.26 Å². The third kappa shape index (κ3) is 3.12. The Balaban J connectivity index is 1.66. The van der Waals surface area contributed by atoms with Crippen LogP contribution in [0.2, 0.25) is 0 Å². The zero-order chi connectivity index (χ0) is 17.9. The van der Waals surface area contributed by atoms with Crippen LogP contribution < -0.4 is 10.9 Å². The predicted octanol–water partition coefficient (Wildman–Crippen LogP) is 3.29. The molecule has 4 aromatic rings. The zero-order valence-electron chi connectivity index (χ0n) is 13.8. The van der Waals surface area contributed by atoms with E-state index >= 15 is 0 Å². The first-order chi connectivity index (χ1) is 12.7. The molecule has 2 aromatic heterocycles. The van der Waals surface area contributed by atoms with E-state index in [1.807, 2.05) is 42.5 Å². The van der Waals surface area contributed by atoms with Gasteiger partial charge in [0.15, 0.2) is 5.82 Å². The van der Waals surface area contributed by atoms with E-state index in [1.54, 1.807) is 12.3 Å². The highest BCUT2D eigenvalue weighted by atomic mass is 16.5. The van der Waals surface area contributed by atoms with Gasteiger partial charge in [-0.15, -0.1) is 0 Å². The quantitative estimate of drug-likeness (QED) is 0.616. The van der Waals surface area contributed by atoms with Gasteiger partial charge < -0.3 is 14.4 Å². The first-order valence-corrected chi connectivity index (χ1v) is 8.09. The van der Waals surface area contributed by atoms with Gasteiger partial charge in [-0.05, 0) is 22.4 Å². The molecule has 128 valence electrons.